The van der Waals surface area contributed by atoms with Crippen molar-refractivity contribution in [2.24, 2.45) is 0 Å². The van der Waals surface area contributed by atoms with Gasteiger partial charge in [0.15, 0.2) is 0 Å². The molecule has 0 bridgehead atoms. The van der Waals surface area contributed by atoms with E-state index in [2.05, 4.69) is 62.1 Å². The lowest BCUT2D eigenvalue weighted by molar-refractivity contribution is -0.0666. The molecule has 0 N–H and O–H groups in total. The van der Waals surface area contributed by atoms with E-state index in [0.29, 0.717) is 12.2 Å². The molecule has 3 fully saturated rings. The Kier molecular flexibility index (Phi) is 9.08. The van der Waals surface area contributed by atoms with Crippen molar-refractivity contribution in [2.75, 3.05) is 78.8 Å². The lowest BCUT2D eigenvalue weighted by Crippen LogP contribution is -2.59. The number of nitrogens with zero attached hydrogens (tertiary/aromatic N) is 4. The van der Waals surface area contributed by atoms with Crippen LogP contribution in [0.3, 0.4) is 0 Å². The molecule has 0 radical (unpaired) electrons. The minimum Gasteiger partial charge on any atom is -0.379 e. The Morgan fingerprint density at radius 2 is 1.46 bits per heavy atom. The first-order valence-electron chi connectivity index (χ1n) is 13.2. The second kappa shape index (κ2) is 12.6. The molecule has 2 aromatic carbocycles. The van der Waals surface area contributed by atoms with E-state index in [4.69, 9.17) is 21.1 Å². The van der Waals surface area contributed by atoms with Crippen LogP contribution in [-0.4, -0.2) is 105 Å². The van der Waals surface area contributed by atoms with Gasteiger partial charge in [-0.05, 0) is 29.7 Å². The number of benzene rings is 2. The molecule has 0 aliphatic carbocycles. The first-order chi connectivity index (χ1) is 17.3. The Morgan fingerprint density at radius 1 is 0.771 bits per heavy atom. The zero-order valence-corrected chi connectivity index (χ0v) is 21.5. The fraction of sp³-hybridized carbons (Fsp3) is 0.571. The summed E-state index contributed by atoms with van der Waals surface area (Å²) in [5.74, 6) is 0. The summed E-state index contributed by atoms with van der Waals surface area (Å²) in [7, 11) is 0. The molecule has 6 nitrogen and oxygen atoms in total. The predicted octanol–water partition coefficient (Wildman–Crippen LogP) is 3.58. The van der Waals surface area contributed by atoms with Crippen molar-refractivity contribution in [1.29, 1.82) is 0 Å². The zero-order valence-electron chi connectivity index (χ0n) is 20.7. The summed E-state index contributed by atoms with van der Waals surface area (Å²) < 4.78 is 11.3. The van der Waals surface area contributed by atoms with E-state index in [9.17, 15) is 0 Å². The number of piperazine rings is 1. The van der Waals surface area contributed by atoms with Crippen LogP contribution in [0.15, 0.2) is 54.6 Å². The van der Waals surface area contributed by atoms with Gasteiger partial charge in [-0.15, -0.1) is 0 Å². The van der Waals surface area contributed by atoms with Crippen LogP contribution in [0, 0.1) is 0 Å². The maximum absolute atomic E-state index is 6.15. The molecule has 5 rings (SSSR count). The average molecular weight is 499 g/mol. The van der Waals surface area contributed by atoms with Gasteiger partial charge < -0.3 is 9.47 Å². The average Bonchev–Trinajstić information content (AvgIpc) is 2.92. The Hall–Kier alpha value is -1.51. The number of hydrogen-bond acceptors (Lipinski definition) is 6. The highest BCUT2D eigenvalue weighted by molar-refractivity contribution is 6.30. The highest BCUT2D eigenvalue weighted by atomic mass is 35.5. The number of morpholine rings is 2. The number of rotatable bonds is 8. The predicted molar refractivity (Wildman–Crippen MR) is 141 cm³/mol. The fourth-order valence-electron chi connectivity index (χ4n) is 5.71. The van der Waals surface area contributed by atoms with Crippen molar-refractivity contribution in [3.63, 3.8) is 0 Å². The van der Waals surface area contributed by atoms with Crippen LogP contribution in [0.5, 0.6) is 0 Å². The lowest BCUT2D eigenvalue weighted by Gasteiger charge is -2.48. The van der Waals surface area contributed by atoms with Crippen LogP contribution in [0.1, 0.15) is 23.6 Å². The first-order valence-corrected chi connectivity index (χ1v) is 13.5. The molecule has 0 spiro atoms. The molecular weight excluding hydrogens is 460 g/mol. The van der Waals surface area contributed by atoms with Gasteiger partial charge in [-0.25, -0.2) is 0 Å². The molecule has 0 aromatic heterocycles. The highest BCUT2D eigenvalue weighted by Gasteiger charge is 2.35. The normalized spacial score (nSPS) is 24.4. The molecule has 3 heterocycles. The maximum Gasteiger partial charge on any atom is 0.0637 e. The molecule has 7 heteroatoms. The van der Waals surface area contributed by atoms with Gasteiger partial charge >= 0.3 is 0 Å². The van der Waals surface area contributed by atoms with Gasteiger partial charge in [0.05, 0.1) is 32.6 Å². The van der Waals surface area contributed by atoms with Gasteiger partial charge in [0.25, 0.3) is 0 Å². The van der Waals surface area contributed by atoms with Crippen molar-refractivity contribution in [1.82, 2.24) is 19.6 Å². The third-order valence-corrected chi connectivity index (χ3v) is 7.95. The van der Waals surface area contributed by atoms with Gasteiger partial charge in [-0.2, -0.15) is 0 Å². The van der Waals surface area contributed by atoms with Crippen LogP contribution < -0.4 is 0 Å². The Labute approximate surface area is 215 Å². The monoisotopic (exact) mass is 498 g/mol. The first kappa shape index (κ1) is 25.2. The third kappa shape index (κ3) is 6.83. The zero-order chi connectivity index (χ0) is 23.9. The second-order valence-corrected chi connectivity index (χ2v) is 10.3. The van der Waals surface area contributed by atoms with Gasteiger partial charge in [-0.3, -0.25) is 19.6 Å². The van der Waals surface area contributed by atoms with Crippen molar-refractivity contribution < 1.29 is 9.47 Å². The summed E-state index contributed by atoms with van der Waals surface area (Å²) in [6, 6.07) is 19.8. The molecule has 190 valence electrons. The molecule has 3 aliphatic heterocycles. The maximum atomic E-state index is 6.15. The summed E-state index contributed by atoms with van der Waals surface area (Å²) in [4.78, 5) is 10.6. The Balaban J connectivity index is 1.32. The van der Waals surface area contributed by atoms with Crippen LogP contribution in [0.4, 0.5) is 0 Å². The summed E-state index contributed by atoms with van der Waals surface area (Å²) in [5.41, 5.74) is 2.72. The Morgan fingerprint density at radius 3 is 2.17 bits per heavy atom. The van der Waals surface area contributed by atoms with Crippen molar-refractivity contribution in [3.05, 3.63) is 70.7 Å². The van der Waals surface area contributed by atoms with Crippen LogP contribution >= 0.6 is 11.6 Å². The Bertz CT molecular complexity index is 888. The van der Waals surface area contributed by atoms with E-state index >= 15 is 0 Å². The quantitative estimate of drug-likeness (QED) is 0.553. The molecule has 35 heavy (non-hydrogen) atoms. The topological polar surface area (TPSA) is 31.4 Å². The van der Waals surface area contributed by atoms with Crippen LogP contribution in [0.25, 0.3) is 0 Å². The summed E-state index contributed by atoms with van der Waals surface area (Å²) in [6.45, 7) is 12.8. The van der Waals surface area contributed by atoms with Crippen molar-refractivity contribution >= 4 is 11.6 Å². The fourth-order valence-corrected chi connectivity index (χ4v) is 5.84. The third-order valence-electron chi connectivity index (χ3n) is 7.70. The SMILES string of the molecule is Clc1ccc(CN2CCN(C(CCN3CCOCC3)N3CCOCC3)CC2c2ccccc2)cc1. The van der Waals surface area contributed by atoms with E-state index in [1.54, 1.807) is 0 Å². The molecule has 0 saturated carbocycles. The molecule has 2 unspecified atom stereocenters. The summed E-state index contributed by atoms with van der Waals surface area (Å²) in [5, 5.41) is 0.798. The minimum absolute atomic E-state index is 0.368. The molecule has 3 saturated heterocycles. The summed E-state index contributed by atoms with van der Waals surface area (Å²) in [6.07, 6.45) is 1.62. The molecule has 3 aliphatic rings. The molecule has 0 amide bonds. The largest absolute Gasteiger partial charge is 0.379 e. The van der Waals surface area contributed by atoms with Gasteiger partial charge in [0.2, 0.25) is 0 Å². The number of hydrogen-bond donors (Lipinski definition) is 0. The second-order valence-electron chi connectivity index (χ2n) is 9.89. The van der Waals surface area contributed by atoms with E-state index in [1.165, 1.54) is 17.5 Å². The van der Waals surface area contributed by atoms with Crippen LogP contribution in [0.2, 0.25) is 5.02 Å². The van der Waals surface area contributed by atoms with Crippen LogP contribution in [-0.2, 0) is 16.0 Å². The van der Waals surface area contributed by atoms with Gasteiger partial charge in [-0.1, -0.05) is 54.1 Å². The van der Waals surface area contributed by atoms with Gasteiger partial charge in [0.1, 0.15) is 0 Å². The molecular formula is C28H39ClN4O2. The van der Waals surface area contributed by atoms with E-state index < -0.39 is 0 Å². The highest BCUT2D eigenvalue weighted by Crippen LogP contribution is 2.30. The smallest absolute Gasteiger partial charge is 0.0637 e. The molecule has 2 atom stereocenters. The van der Waals surface area contributed by atoms with Crippen molar-refractivity contribution in [2.45, 2.75) is 25.2 Å². The van der Waals surface area contributed by atoms with E-state index in [1.807, 2.05) is 12.1 Å². The van der Waals surface area contributed by atoms with E-state index in [0.717, 1.165) is 90.4 Å². The minimum atomic E-state index is 0.368. The summed E-state index contributed by atoms with van der Waals surface area (Å²) >= 11 is 6.15. The lowest BCUT2D eigenvalue weighted by atomic mass is 10.00. The van der Waals surface area contributed by atoms with Gasteiger partial charge in [0, 0.05) is 70.0 Å². The standard InChI is InChI=1S/C28H39ClN4O2/c29-26-8-6-24(7-9-26)22-32-12-13-33(23-27(32)25-4-2-1-3-5-25)28(31-16-20-35-21-17-31)10-11-30-14-18-34-19-15-30/h1-9,27-28H,10-23H2. The van der Waals surface area contributed by atoms with Crippen molar-refractivity contribution in [3.8, 4) is 0 Å². The van der Waals surface area contributed by atoms with E-state index in [-0.39, 0.29) is 0 Å². The molecule has 2 aromatic rings. The number of ether oxygens (including phenoxy) is 2. The number of halogens is 1.